The van der Waals surface area contributed by atoms with Crippen LogP contribution in [0.15, 0.2) is 54.6 Å². The van der Waals surface area contributed by atoms with Crippen molar-refractivity contribution in [2.45, 2.75) is 98.8 Å². The molecule has 9 unspecified atom stereocenters. The summed E-state index contributed by atoms with van der Waals surface area (Å²) >= 11 is 0. The summed E-state index contributed by atoms with van der Waals surface area (Å²) in [6.45, 7) is 8.41. The quantitative estimate of drug-likeness (QED) is 0.0850. The highest BCUT2D eigenvalue weighted by molar-refractivity contribution is 5.99. The molecule has 0 radical (unpaired) electrons. The van der Waals surface area contributed by atoms with E-state index in [2.05, 4.69) is 6.07 Å². The van der Waals surface area contributed by atoms with Gasteiger partial charge in [-0.05, 0) is 161 Å². The first kappa shape index (κ1) is 36.7. The molecule has 3 aromatic rings. The van der Waals surface area contributed by atoms with Crippen molar-refractivity contribution < 1.29 is 41.8 Å². The molecule has 0 spiro atoms. The fourth-order valence-electron chi connectivity index (χ4n) is 10.9. The average Bonchev–Trinajstić information content (AvgIpc) is 3.86. The molecule has 7 rings (SSSR count). The summed E-state index contributed by atoms with van der Waals surface area (Å²) in [5.41, 5.74) is -3.93. The van der Waals surface area contributed by atoms with Crippen LogP contribution in [0.1, 0.15) is 86.5 Å². The van der Waals surface area contributed by atoms with Crippen LogP contribution >= 0.6 is 0 Å². The Balaban J connectivity index is 1.10. The lowest BCUT2D eigenvalue weighted by atomic mass is 9.66. The third kappa shape index (κ3) is 6.82. The molecule has 0 aliphatic heterocycles. The number of esters is 3. The van der Waals surface area contributed by atoms with Crippen molar-refractivity contribution in [3.8, 4) is 5.75 Å². The molecule has 6 nitrogen and oxygen atoms in total. The summed E-state index contributed by atoms with van der Waals surface area (Å²) in [4.78, 5) is 41.8. The summed E-state index contributed by atoms with van der Waals surface area (Å²) in [7, 11) is 0. The summed E-state index contributed by atoms with van der Waals surface area (Å²) in [5, 5.41) is 4.09. The summed E-state index contributed by atoms with van der Waals surface area (Å²) < 4.78 is 57.2. The largest absolute Gasteiger partial charge is 0.465 e. The molecule has 4 bridgehead atoms. The molecule has 4 fully saturated rings. The maximum absolute atomic E-state index is 14.5. The van der Waals surface area contributed by atoms with E-state index in [1.165, 1.54) is 19.3 Å². The number of halogens is 3. The van der Waals surface area contributed by atoms with E-state index >= 15 is 0 Å². The molecule has 0 heterocycles. The maximum Gasteiger partial charge on any atom is 0.394 e. The Kier molecular flexibility index (Phi) is 9.22. The lowest BCUT2D eigenvalue weighted by molar-refractivity contribution is -0.190. The molecule has 0 aromatic heterocycles. The van der Waals surface area contributed by atoms with Gasteiger partial charge < -0.3 is 14.2 Å². The number of carbonyl (C=O) groups is 3. The monoisotopic (exact) mass is 720 g/mol. The highest BCUT2D eigenvalue weighted by Gasteiger charge is 2.63. The zero-order chi connectivity index (χ0) is 37.4. The van der Waals surface area contributed by atoms with Gasteiger partial charge in [-0.25, -0.2) is 0 Å². The van der Waals surface area contributed by atoms with Crippen LogP contribution in [-0.4, -0.2) is 36.8 Å². The third-order valence-corrected chi connectivity index (χ3v) is 13.1. The number of rotatable bonds is 11. The number of alkyl halides is 3. The van der Waals surface area contributed by atoms with Crippen molar-refractivity contribution in [1.82, 2.24) is 0 Å². The zero-order valence-electron chi connectivity index (χ0n) is 31.1. The van der Waals surface area contributed by atoms with Crippen LogP contribution in [0.25, 0.3) is 21.5 Å². The molecule has 4 aliphatic rings. The molecule has 9 atom stereocenters. The second-order valence-electron chi connectivity index (χ2n) is 18.1. The van der Waals surface area contributed by atoms with Crippen molar-refractivity contribution in [3.63, 3.8) is 0 Å². The van der Waals surface area contributed by atoms with E-state index in [0.29, 0.717) is 29.4 Å². The lowest BCUT2D eigenvalue weighted by Gasteiger charge is -2.42. The van der Waals surface area contributed by atoms with E-state index in [-0.39, 0.29) is 18.9 Å². The fraction of sp³-hybridized carbons (Fsp3) is 0.605. The van der Waals surface area contributed by atoms with Gasteiger partial charge in [0, 0.05) is 0 Å². The van der Waals surface area contributed by atoms with Gasteiger partial charge in [0.05, 0.1) is 22.2 Å². The predicted molar refractivity (Wildman–Crippen MR) is 192 cm³/mol. The Morgan fingerprint density at radius 1 is 0.712 bits per heavy atom. The minimum atomic E-state index is -4.51. The molecule has 0 saturated heterocycles. The molecule has 280 valence electrons. The summed E-state index contributed by atoms with van der Waals surface area (Å²) in [6.07, 6.45) is 0.930. The fourth-order valence-corrected chi connectivity index (χ4v) is 10.9. The van der Waals surface area contributed by atoms with Crippen molar-refractivity contribution in [3.05, 3.63) is 54.6 Å². The minimum Gasteiger partial charge on any atom is -0.465 e. The summed E-state index contributed by atoms with van der Waals surface area (Å²) in [5.74, 6) is 0.371. The first-order valence-electron chi connectivity index (χ1n) is 18.9. The smallest absolute Gasteiger partial charge is 0.394 e. The first-order valence-corrected chi connectivity index (χ1v) is 18.9. The Labute approximate surface area is 304 Å². The second-order valence-corrected chi connectivity index (χ2v) is 18.1. The van der Waals surface area contributed by atoms with Gasteiger partial charge >= 0.3 is 24.1 Å². The van der Waals surface area contributed by atoms with E-state index in [0.717, 1.165) is 53.1 Å². The zero-order valence-corrected chi connectivity index (χ0v) is 31.1. The molecule has 4 aliphatic carbocycles. The Hall–Kier alpha value is -3.62. The SMILES string of the molecule is CC(COC(=O)C(C)(C)CC(C)(CC(C)(C)C(=O)Oc1ccc2cc3ccccc3cc2c1)C(=O)OC1CC2CC1C1C3CCC(C3)C21)C(F)(F)F. The molecular formula is C43H51F3O6. The van der Waals surface area contributed by atoms with Crippen molar-refractivity contribution >= 4 is 39.5 Å². The second kappa shape index (κ2) is 13.0. The molecule has 4 saturated carbocycles. The number of ether oxygens (including phenoxy) is 3. The predicted octanol–water partition coefficient (Wildman–Crippen LogP) is 10.1. The molecule has 52 heavy (non-hydrogen) atoms. The van der Waals surface area contributed by atoms with Crippen LogP contribution in [0.3, 0.4) is 0 Å². The number of carbonyl (C=O) groups excluding carboxylic acids is 3. The average molecular weight is 721 g/mol. The highest BCUT2D eigenvalue weighted by atomic mass is 19.4. The Bertz CT molecular complexity index is 1880. The first-order chi connectivity index (χ1) is 24.3. The van der Waals surface area contributed by atoms with Crippen LogP contribution in [0.5, 0.6) is 5.75 Å². The van der Waals surface area contributed by atoms with Gasteiger partial charge in [-0.15, -0.1) is 0 Å². The van der Waals surface area contributed by atoms with Crippen molar-refractivity contribution in [1.29, 1.82) is 0 Å². The van der Waals surface area contributed by atoms with Gasteiger partial charge in [0.25, 0.3) is 0 Å². The number of hydrogen-bond acceptors (Lipinski definition) is 6. The minimum absolute atomic E-state index is 0.0108. The lowest BCUT2D eigenvalue weighted by Crippen LogP contribution is -2.46. The van der Waals surface area contributed by atoms with Crippen LogP contribution in [0.2, 0.25) is 0 Å². The van der Waals surface area contributed by atoms with Crippen LogP contribution in [-0.2, 0) is 23.9 Å². The van der Waals surface area contributed by atoms with E-state index in [1.807, 2.05) is 42.5 Å². The number of fused-ring (bicyclic) bond motifs is 11. The van der Waals surface area contributed by atoms with Crippen LogP contribution in [0.4, 0.5) is 13.2 Å². The maximum atomic E-state index is 14.5. The number of benzene rings is 3. The van der Waals surface area contributed by atoms with Gasteiger partial charge in [0.2, 0.25) is 0 Å². The van der Waals surface area contributed by atoms with Crippen molar-refractivity contribution in [2.75, 3.05) is 6.61 Å². The van der Waals surface area contributed by atoms with Crippen LogP contribution < -0.4 is 4.74 Å². The Morgan fingerprint density at radius 3 is 1.96 bits per heavy atom. The van der Waals surface area contributed by atoms with Gasteiger partial charge in [-0.3, -0.25) is 14.4 Å². The van der Waals surface area contributed by atoms with Gasteiger partial charge in [0.1, 0.15) is 18.5 Å². The third-order valence-electron chi connectivity index (χ3n) is 13.1. The van der Waals surface area contributed by atoms with Crippen molar-refractivity contribution in [2.24, 2.45) is 57.7 Å². The molecule has 0 amide bonds. The number of hydrogen-bond donors (Lipinski definition) is 0. The molecular weight excluding hydrogens is 669 g/mol. The van der Waals surface area contributed by atoms with E-state index in [1.54, 1.807) is 40.7 Å². The van der Waals surface area contributed by atoms with Gasteiger partial charge in [-0.1, -0.05) is 37.3 Å². The standard InChI is InChI=1S/C43H51F3O6/c1-24(43(44,45)46)21-50-37(47)40(2,3)22-42(6,39(49)52-34-20-31-19-33(34)36-29-12-11-28(17-29)35(31)36)23-41(4,5)38(48)51-32-14-13-27-15-25-9-7-8-10-26(25)16-30(27)18-32/h7-10,13-16,18,24,28-29,31,33-36H,11-12,17,19-23H2,1-6H3. The van der Waals surface area contributed by atoms with E-state index in [4.69, 9.17) is 14.2 Å². The molecule has 0 N–H and O–H groups in total. The van der Waals surface area contributed by atoms with Gasteiger partial charge in [-0.2, -0.15) is 13.2 Å². The Morgan fingerprint density at radius 2 is 1.31 bits per heavy atom. The molecule has 9 heteroatoms. The topological polar surface area (TPSA) is 78.9 Å². The van der Waals surface area contributed by atoms with Gasteiger partial charge in [0.15, 0.2) is 0 Å². The van der Waals surface area contributed by atoms with E-state index < -0.39 is 52.9 Å². The highest BCUT2D eigenvalue weighted by Crippen LogP contribution is 2.68. The van der Waals surface area contributed by atoms with E-state index in [9.17, 15) is 27.6 Å². The summed E-state index contributed by atoms with van der Waals surface area (Å²) in [6, 6.07) is 17.6. The normalized spacial score (nSPS) is 28.4. The molecule has 3 aromatic carbocycles. The van der Waals surface area contributed by atoms with Crippen LogP contribution in [0, 0.1) is 57.7 Å².